The molecule has 0 radical (unpaired) electrons. The Kier molecular flexibility index (Phi) is 8.44. The summed E-state index contributed by atoms with van der Waals surface area (Å²) in [5, 5.41) is 10.6. The fourth-order valence-electron chi connectivity index (χ4n) is 4.83. The third kappa shape index (κ3) is 5.79. The highest BCUT2D eigenvalue weighted by atomic mass is 16.5. The minimum atomic E-state index is -0.876. The summed E-state index contributed by atoms with van der Waals surface area (Å²) in [6.07, 6.45) is 3.10. The molecule has 5 rings (SSSR count). The van der Waals surface area contributed by atoms with Gasteiger partial charge >= 0.3 is 11.6 Å². The number of allylic oxidation sites excluding steroid dienone is 1. The number of rotatable bonds is 10. The van der Waals surface area contributed by atoms with Gasteiger partial charge in [-0.1, -0.05) is 50.1 Å². The van der Waals surface area contributed by atoms with Crippen LogP contribution in [0, 0.1) is 11.3 Å². The maximum Gasteiger partial charge on any atom is 0.351 e. The number of nitrogens with two attached hydrogens (primary N) is 1. The molecule has 9 nitrogen and oxygen atoms in total. The number of nitrogens with zero attached hydrogens (tertiary/aromatic N) is 1. The molecular formula is C33H30N2O7. The minimum Gasteiger partial charge on any atom is -0.490 e. The number of hydrogen-bond donors (Lipinski definition) is 1. The molecule has 0 saturated carbocycles. The molecule has 2 heterocycles. The van der Waals surface area contributed by atoms with E-state index in [0.29, 0.717) is 47.0 Å². The van der Waals surface area contributed by atoms with Crippen LogP contribution in [0.4, 0.5) is 0 Å². The van der Waals surface area contributed by atoms with Crippen LogP contribution in [0.1, 0.15) is 60.5 Å². The molecule has 1 unspecified atom stereocenters. The SMILES string of the molecule is CCCCCOc1ccc(C2C(C#N)=C(N)Oc3cc(OC(=O)c4cc5ccccc5oc4=O)ccc32)cc1OCC. The summed E-state index contributed by atoms with van der Waals surface area (Å²) >= 11 is 0. The van der Waals surface area contributed by atoms with Gasteiger partial charge in [0.05, 0.1) is 19.1 Å². The standard InChI is InChI=1S/C33H30N2O7/c1-3-5-8-15-39-27-14-11-21(17-29(27)38-4-2)30-23-13-12-22(18-28(23)41-31(35)25(30)19-34)40-32(36)24-16-20-9-6-7-10-26(20)42-33(24)37/h6-7,9-14,16-18,30H,3-5,8,15,35H2,1-2H3. The summed E-state index contributed by atoms with van der Waals surface area (Å²) in [4.78, 5) is 25.3. The van der Waals surface area contributed by atoms with Gasteiger partial charge in [-0.2, -0.15) is 5.26 Å². The molecule has 4 aromatic rings. The Morgan fingerprint density at radius 1 is 1.00 bits per heavy atom. The van der Waals surface area contributed by atoms with Crippen molar-refractivity contribution in [2.45, 2.75) is 39.0 Å². The first-order valence-corrected chi connectivity index (χ1v) is 13.8. The zero-order valence-corrected chi connectivity index (χ0v) is 23.3. The van der Waals surface area contributed by atoms with Crippen molar-refractivity contribution in [3.8, 4) is 29.1 Å². The first kappa shape index (κ1) is 28.3. The Balaban J connectivity index is 1.45. The van der Waals surface area contributed by atoms with Gasteiger partial charge in [0.2, 0.25) is 5.88 Å². The van der Waals surface area contributed by atoms with Gasteiger partial charge in [0.25, 0.3) is 0 Å². The molecule has 0 spiro atoms. The number of hydrogen-bond acceptors (Lipinski definition) is 9. The predicted molar refractivity (Wildman–Crippen MR) is 156 cm³/mol. The molecule has 0 bridgehead atoms. The normalized spacial score (nSPS) is 14.1. The van der Waals surface area contributed by atoms with E-state index in [9.17, 15) is 14.9 Å². The molecule has 0 amide bonds. The molecule has 1 aliphatic heterocycles. The molecule has 9 heteroatoms. The van der Waals surface area contributed by atoms with Crippen molar-refractivity contribution in [3.05, 3.63) is 105 Å². The highest BCUT2D eigenvalue weighted by Crippen LogP contribution is 2.45. The summed E-state index contributed by atoms with van der Waals surface area (Å²) in [6, 6.07) is 20.8. The zero-order valence-electron chi connectivity index (χ0n) is 23.3. The van der Waals surface area contributed by atoms with Crippen LogP contribution in [0.5, 0.6) is 23.0 Å². The monoisotopic (exact) mass is 566 g/mol. The lowest BCUT2D eigenvalue weighted by Crippen LogP contribution is -2.22. The van der Waals surface area contributed by atoms with Gasteiger partial charge in [0, 0.05) is 17.0 Å². The Morgan fingerprint density at radius 3 is 2.62 bits per heavy atom. The Morgan fingerprint density at radius 2 is 1.83 bits per heavy atom. The van der Waals surface area contributed by atoms with Crippen LogP contribution < -0.4 is 30.3 Å². The van der Waals surface area contributed by atoms with E-state index in [4.69, 9.17) is 29.1 Å². The number of benzene rings is 3. The number of esters is 1. The first-order valence-electron chi connectivity index (χ1n) is 13.8. The van der Waals surface area contributed by atoms with E-state index in [1.165, 1.54) is 12.1 Å². The van der Waals surface area contributed by atoms with Crippen LogP contribution in [-0.4, -0.2) is 19.2 Å². The van der Waals surface area contributed by atoms with Crippen LogP contribution in [0.25, 0.3) is 11.0 Å². The van der Waals surface area contributed by atoms with Crippen LogP contribution in [0.15, 0.2) is 87.4 Å². The number of unbranched alkanes of at least 4 members (excludes halogenated alkanes) is 2. The van der Waals surface area contributed by atoms with Gasteiger partial charge in [-0.05, 0) is 49.2 Å². The molecule has 3 aromatic carbocycles. The highest BCUT2D eigenvalue weighted by Gasteiger charge is 2.32. The summed E-state index contributed by atoms with van der Waals surface area (Å²) in [5.74, 6) is 0.124. The molecule has 0 aliphatic carbocycles. The third-order valence-corrected chi connectivity index (χ3v) is 6.87. The average Bonchev–Trinajstić information content (AvgIpc) is 2.99. The number of carbonyl (C=O) groups excluding carboxylic acids is 1. The lowest BCUT2D eigenvalue weighted by atomic mass is 9.83. The van der Waals surface area contributed by atoms with Gasteiger partial charge in [0.15, 0.2) is 11.5 Å². The van der Waals surface area contributed by atoms with Crippen molar-refractivity contribution in [2.75, 3.05) is 13.2 Å². The number of ether oxygens (including phenoxy) is 4. The largest absolute Gasteiger partial charge is 0.490 e. The van der Waals surface area contributed by atoms with Crippen LogP contribution in [-0.2, 0) is 0 Å². The van der Waals surface area contributed by atoms with Crippen LogP contribution in [0.2, 0.25) is 0 Å². The minimum absolute atomic E-state index is 0.0634. The maximum atomic E-state index is 12.9. The molecule has 0 saturated heterocycles. The third-order valence-electron chi connectivity index (χ3n) is 6.87. The Bertz CT molecular complexity index is 1770. The van der Waals surface area contributed by atoms with E-state index in [0.717, 1.165) is 24.8 Å². The lowest BCUT2D eigenvalue weighted by Gasteiger charge is -2.27. The van der Waals surface area contributed by atoms with Gasteiger partial charge in [-0.15, -0.1) is 0 Å². The fraction of sp³-hybridized carbons (Fsp3) is 0.242. The van der Waals surface area contributed by atoms with Gasteiger partial charge in [-0.3, -0.25) is 0 Å². The Labute approximate surface area is 242 Å². The second-order valence-corrected chi connectivity index (χ2v) is 9.69. The summed E-state index contributed by atoms with van der Waals surface area (Å²) < 4.78 is 28.4. The van der Waals surface area contributed by atoms with Gasteiger partial charge in [-0.25, -0.2) is 9.59 Å². The predicted octanol–water partition coefficient (Wildman–Crippen LogP) is 6.20. The molecule has 214 valence electrons. The quantitative estimate of drug-likeness (QED) is 0.103. The van der Waals surface area contributed by atoms with Crippen molar-refractivity contribution in [1.29, 1.82) is 5.26 Å². The van der Waals surface area contributed by atoms with Crippen molar-refractivity contribution in [3.63, 3.8) is 0 Å². The van der Waals surface area contributed by atoms with Gasteiger partial charge < -0.3 is 29.1 Å². The lowest BCUT2D eigenvalue weighted by molar-refractivity contribution is 0.0730. The summed E-state index contributed by atoms with van der Waals surface area (Å²) in [7, 11) is 0. The van der Waals surface area contributed by atoms with E-state index in [2.05, 4.69) is 13.0 Å². The average molecular weight is 567 g/mol. The molecule has 42 heavy (non-hydrogen) atoms. The molecule has 1 aromatic heterocycles. The first-order chi connectivity index (χ1) is 20.4. The Hall–Kier alpha value is -5.23. The number of nitriles is 1. The smallest absolute Gasteiger partial charge is 0.351 e. The topological polar surface area (TPSA) is 134 Å². The van der Waals surface area contributed by atoms with Crippen molar-refractivity contribution in [2.24, 2.45) is 5.73 Å². The molecular weight excluding hydrogens is 536 g/mol. The molecule has 1 atom stereocenters. The second-order valence-electron chi connectivity index (χ2n) is 9.69. The fourth-order valence-corrected chi connectivity index (χ4v) is 4.83. The zero-order chi connectivity index (χ0) is 29.6. The van der Waals surface area contributed by atoms with Gasteiger partial charge in [0.1, 0.15) is 34.3 Å². The summed E-state index contributed by atoms with van der Waals surface area (Å²) in [5.41, 5.74) is 7.14. The molecule has 2 N–H and O–H groups in total. The second kappa shape index (κ2) is 12.5. The van der Waals surface area contributed by atoms with E-state index in [1.54, 1.807) is 36.4 Å². The van der Waals surface area contributed by atoms with E-state index in [1.807, 2.05) is 25.1 Å². The van der Waals surface area contributed by atoms with Crippen LogP contribution in [0.3, 0.4) is 0 Å². The van der Waals surface area contributed by atoms with E-state index in [-0.39, 0.29) is 22.8 Å². The van der Waals surface area contributed by atoms with E-state index >= 15 is 0 Å². The van der Waals surface area contributed by atoms with Crippen molar-refractivity contribution >= 4 is 16.9 Å². The molecule has 1 aliphatic rings. The molecule has 0 fully saturated rings. The number of para-hydroxylation sites is 1. The highest BCUT2D eigenvalue weighted by molar-refractivity contribution is 5.94. The van der Waals surface area contributed by atoms with Crippen molar-refractivity contribution < 1.29 is 28.2 Å². The maximum absolute atomic E-state index is 12.9. The number of carbonyl (C=O) groups is 1. The number of fused-ring (bicyclic) bond motifs is 2. The van der Waals surface area contributed by atoms with Crippen LogP contribution >= 0.6 is 0 Å². The van der Waals surface area contributed by atoms with E-state index < -0.39 is 17.5 Å². The van der Waals surface area contributed by atoms with Crippen molar-refractivity contribution in [1.82, 2.24) is 0 Å². The summed E-state index contributed by atoms with van der Waals surface area (Å²) in [6.45, 7) is 5.04.